The van der Waals surface area contributed by atoms with Crippen molar-refractivity contribution in [3.8, 4) is 23.7 Å². The summed E-state index contributed by atoms with van der Waals surface area (Å²) in [5.41, 5.74) is 3.29. The largest absolute Gasteiger partial charge is 0.118 e. The van der Waals surface area contributed by atoms with Crippen LogP contribution in [0.1, 0.15) is 33.4 Å². The maximum Gasteiger partial charge on any atom is 0.0817 e. The van der Waals surface area contributed by atoms with Crippen molar-refractivity contribution in [2.45, 2.75) is 13.3 Å². The molecule has 0 aliphatic carbocycles. The van der Waals surface area contributed by atoms with E-state index in [2.05, 4.69) is 68.5 Å². The first-order valence-corrected chi connectivity index (χ1v) is 10.2. The van der Waals surface area contributed by atoms with Crippen molar-refractivity contribution in [3.63, 3.8) is 0 Å². The molecule has 0 amide bonds. The highest BCUT2D eigenvalue weighted by molar-refractivity contribution is 9.10. The number of halogens is 2. The Bertz CT molecular complexity index is 989. The van der Waals surface area contributed by atoms with Crippen LogP contribution in [-0.2, 0) is 6.42 Å². The van der Waals surface area contributed by atoms with Gasteiger partial charge < -0.3 is 0 Å². The topological polar surface area (TPSA) is 0 Å². The van der Waals surface area contributed by atoms with E-state index in [4.69, 9.17) is 0 Å². The molecule has 0 saturated carbocycles. The van der Waals surface area contributed by atoms with Crippen molar-refractivity contribution in [2.24, 2.45) is 0 Å². The van der Waals surface area contributed by atoms with E-state index in [9.17, 15) is 0 Å². The van der Waals surface area contributed by atoms with Gasteiger partial charge in [0.1, 0.15) is 0 Å². The van der Waals surface area contributed by atoms with E-state index in [-0.39, 0.29) is 0 Å². The highest BCUT2D eigenvalue weighted by Crippen LogP contribution is 2.22. The van der Waals surface area contributed by atoms with Crippen LogP contribution in [0.15, 0.2) is 63.5 Å². The zero-order chi connectivity index (χ0) is 17.6. The first-order chi connectivity index (χ1) is 12.1. The van der Waals surface area contributed by atoms with E-state index >= 15 is 0 Å². The fraction of sp³-hybridized carbons (Fsp3) is 0.0909. The monoisotopic (exact) mass is 468 g/mol. The molecule has 0 spiro atoms. The van der Waals surface area contributed by atoms with Gasteiger partial charge in [0.05, 0.1) is 9.75 Å². The summed E-state index contributed by atoms with van der Waals surface area (Å²) in [6.45, 7) is 2.15. The number of aryl methyl sites for hydroxylation is 1. The third kappa shape index (κ3) is 5.10. The normalized spacial score (nSPS) is 9.72. The van der Waals surface area contributed by atoms with Gasteiger partial charge in [0, 0.05) is 20.1 Å². The van der Waals surface area contributed by atoms with Gasteiger partial charge in [-0.1, -0.05) is 62.5 Å². The van der Waals surface area contributed by atoms with Gasteiger partial charge in [-0.2, -0.15) is 0 Å². The Morgan fingerprint density at radius 1 is 0.760 bits per heavy atom. The first-order valence-electron chi connectivity index (χ1n) is 7.82. The molecule has 3 aromatic rings. The molecule has 1 aromatic heterocycles. The molecule has 2 aromatic carbocycles. The first kappa shape index (κ1) is 18.0. The molecule has 0 N–H and O–H groups in total. The van der Waals surface area contributed by atoms with Gasteiger partial charge in [-0.15, -0.1) is 11.3 Å². The van der Waals surface area contributed by atoms with Crippen LogP contribution in [-0.4, -0.2) is 0 Å². The fourth-order valence-electron chi connectivity index (χ4n) is 2.19. The third-order valence-corrected chi connectivity index (χ3v) is 5.59. The molecule has 0 nitrogen and oxygen atoms in total. The smallest absolute Gasteiger partial charge is 0.0817 e. The molecular formula is C22H14Br2S. The molecule has 3 heteroatoms. The standard InChI is InChI=1S/C22H14Br2S/c1-2-18-15-21(13-7-16-3-9-19(23)10-4-16)25-22(18)14-8-17-5-11-20(24)12-6-17/h3-6,9-12,15H,2H2,1H3. The van der Waals surface area contributed by atoms with E-state index < -0.39 is 0 Å². The van der Waals surface area contributed by atoms with Crippen molar-refractivity contribution >= 4 is 43.2 Å². The summed E-state index contributed by atoms with van der Waals surface area (Å²) in [5, 5.41) is 0. The Morgan fingerprint density at radius 2 is 1.28 bits per heavy atom. The van der Waals surface area contributed by atoms with Gasteiger partial charge >= 0.3 is 0 Å². The minimum absolute atomic E-state index is 0.959. The molecule has 0 aliphatic rings. The predicted octanol–water partition coefficient (Wildman–Crippen LogP) is 6.64. The molecule has 0 bridgehead atoms. The average Bonchev–Trinajstić information content (AvgIpc) is 3.03. The molecule has 0 fully saturated rings. The summed E-state index contributed by atoms with van der Waals surface area (Å²) in [6, 6.07) is 18.2. The maximum atomic E-state index is 3.44. The lowest BCUT2D eigenvalue weighted by atomic mass is 10.1. The summed E-state index contributed by atoms with van der Waals surface area (Å²) >= 11 is 8.55. The fourth-order valence-corrected chi connectivity index (χ4v) is 3.68. The highest BCUT2D eigenvalue weighted by Gasteiger charge is 2.04. The van der Waals surface area contributed by atoms with E-state index in [0.717, 1.165) is 36.2 Å². The lowest BCUT2D eigenvalue weighted by Gasteiger charge is -1.91. The quantitative estimate of drug-likeness (QED) is 0.350. The Kier molecular flexibility index (Phi) is 6.16. The van der Waals surface area contributed by atoms with Crippen LogP contribution in [0, 0.1) is 23.7 Å². The molecule has 0 unspecified atom stereocenters. The van der Waals surface area contributed by atoms with Gasteiger partial charge in [0.25, 0.3) is 0 Å². The number of hydrogen-bond donors (Lipinski definition) is 0. The second kappa shape index (κ2) is 8.54. The van der Waals surface area contributed by atoms with Crippen LogP contribution in [0.25, 0.3) is 0 Å². The van der Waals surface area contributed by atoms with Gasteiger partial charge in [0.15, 0.2) is 0 Å². The summed E-state index contributed by atoms with van der Waals surface area (Å²) in [7, 11) is 0. The number of rotatable bonds is 1. The summed E-state index contributed by atoms with van der Waals surface area (Å²) in [6.07, 6.45) is 0.959. The SMILES string of the molecule is CCc1cc(C#Cc2ccc(Br)cc2)sc1C#Cc1ccc(Br)cc1. The number of thiophene rings is 1. The summed E-state index contributed by atoms with van der Waals surface area (Å²) in [5.74, 6) is 13.0. The maximum absolute atomic E-state index is 3.44. The molecule has 0 saturated heterocycles. The number of hydrogen-bond acceptors (Lipinski definition) is 1. The second-order valence-corrected chi connectivity index (χ2v) is 8.22. The highest BCUT2D eigenvalue weighted by atomic mass is 79.9. The van der Waals surface area contributed by atoms with Gasteiger partial charge in [-0.25, -0.2) is 0 Å². The van der Waals surface area contributed by atoms with Gasteiger partial charge in [0.2, 0.25) is 0 Å². The predicted molar refractivity (Wildman–Crippen MR) is 114 cm³/mol. The molecule has 0 atom stereocenters. The average molecular weight is 470 g/mol. The van der Waals surface area contributed by atoms with E-state index in [0.29, 0.717) is 0 Å². The van der Waals surface area contributed by atoms with Crippen LogP contribution in [0.5, 0.6) is 0 Å². The van der Waals surface area contributed by atoms with Crippen molar-refractivity contribution < 1.29 is 0 Å². The number of benzene rings is 2. The van der Waals surface area contributed by atoms with Gasteiger partial charge in [-0.3, -0.25) is 0 Å². The van der Waals surface area contributed by atoms with Crippen LogP contribution < -0.4 is 0 Å². The molecule has 122 valence electrons. The molecule has 0 radical (unpaired) electrons. The lowest BCUT2D eigenvalue weighted by Crippen LogP contribution is -1.79. The Hall–Kier alpha value is -1.78. The molecule has 3 rings (SSSR count). The minimum Gasteiger partial charge on any atom is -0.118 e. The van der Waals surface area contributed by atoms with E-state index in [1.54, 1.807) is 11.3 Å². The molecule has 25 heavy (non-hydrogen) atoms. The van der Waals surface area contributed by atoms with Crippen LogP contribution in [0.2, 0.25) is 0 Å². The molecule has 1 heterocycles. The van der Waals surface area contributed by atoms with E-state index in [1.165, 1.54) is 5.56 Å². The summed E-state index contributed by atoms with van der Waals surface area (Å²) in [4.78, 5) is 2.16. The zero-order valence-electron chi connectivity index (χ0n) is 13.6. The zero-order valence-corrected chi connectivity index (χ0v) is 17.6. The second-order valence-electron chi connectivity index (χ2n) is 5.33. The van der Waals surface area contributed by atoms with Crippen molar-refractivity contribution in [2.75, 3.05) is 0 Å². The Morgan fingerprint density at radius 3 is 1.80 bits per heavy atom. The summed E-state index contributed by atoms with van der Waals surface area (Å²) < 4.78 is 2.13. The van der Waals surface area contributed by atoms with Crippen molar-refractivity contribution in [1.29, 1.82) is 0 Å². The van der Waals surface area contributed by atoms with Crippen LogP contribution in [0.3, 0.4) is 0 Å². The Balaban J connectivity index is 1.85. The third-order valence-electron chi connectivity index (χ3n) is 3.53. The Labute approximate surface area is 169 Å². The van der Waals surface area contributed by atoms with Crippen LogP contribution >= 0.6 is 43.2 Å². The van der Waals surface area contributed by atoms with E-state index in [1.807, 2.05) is 48.5 Å². The molecular weight excluding hydrogens is 456 g/mol. The van der Waals surface area contributed by atoms with Crippen LogP contribution in [0.4, 0.5) is 0 Å². The minimum atomic E-state index is 0.959. The van der Waals surface area contributed by atoms with Crippen molar-refractivity contribution in [1.82, 2.24) is 0 Å². The lowest BCUT2D eigenvalue weighted by molar-refractivity contribution is 1.15. The van der Waals surface area contributed by atoms with Crippen molar-refractivity contribution in [3.05, 3.63) is 90.0 Å². The molecule has 0 aliphatic heterocycles. The van der Waals surface area contributed by atoms with Gasteiger partial charge in [-0.05, 0) is 66.6 Å².